The fraction of sp³-hybridized carbons (Fsp3) is 0.300. The highest BCUT2D eigenvalue weighted by Gasteiger charge is 2.15. The van der Waals surface area contributed by atoms with Crippen molar-refractivity contribution in [3.63, 3.8) is 0 Å². The van der Waals surface area contributed by atoms with Crippen LogP contribution in [-0.4, -0.2) is 34.9 Å². The molecule has 132 valence electrons. The first-order valence-electron chi connectivity index (χ1n) is 8.47. The first-order chi connectivity index (χ1) is 12.0. The van der Waals surface area contributed by atoms with E-state index in [9.17, 15) is 14.7 Å². The van der Waals surface area contributed by atoms with Gasteiger partial charge in [0, 0.05) is 24.3 Å². The summed E-state index contributed by atoms with van der Waals surface area (Å²) in [5, 5.41) is 12.9. The molecule has 2 aromatic carbocycles. The van der Waals surface area contributed by atoms with Gasteiger partial charge in [0.15, 0.2) is 0 Å². The third-order valence-electron chi connectivity index (χ3n) is 4.01. The lowest BCUT2D eigenvalue weighted by Crippen LogP contribution is -2.30. The number of anilines is 1. The van der Waals surface area contributed by atoms with Crippen molar-refractivity contribution in [1.29, 1.82) is 0 Å². The highest BCUT2D eigenvalue weighted by Crippen LogP contribution is 2.18. The maximum absolute atomic E-state index is 12.4. The maximum atomic E-state index is 12.4. The van der Waals surface area contributed by atoms with E-state index in [1.807, 2.05) is 32.0 Å². The van der Waals surface area contributed by atoms with Crippen molar-refractivity contribution in [1.82, 2.24) is 4.90 Å². The van der Waals surface area contributed by atoms with Gasteiger partial charge in [-0.25, -0.2) is 0 Å². The minimum absolute atomic E-state index is 0.0434. The number of benzene rings is 2. The van der Waals surface area contributed by atoms with Crippen molar-refractivity contribution in [3.8, 4) is 0 Å². The number of carbonyl (C=O) groups is 2. The van der Waals surface area contributed by atoms with Crippen LogP contribution in [0.4, 0.5) is 5.69 Å². The summed E-state index contributed by atoms with van der Waals surface area (Å²) in [6.45, 7) is 5.13. The third kappa shape index (κ3) is 5.16. The lowest BCUT2D eigenvalue weighted by molar-refractivity contribution is -0.118. The van der Waals surface area contributed by atoms with Crippen LogP contribution in [0.3, 0.4) is 0 Å². The summed E-state index contributed by atoms with van der Waals surface area (Å²) in [4.78, 5) is 26.3. The van der Waals surface area contributed by atoms with Crippen LogP contribution in [0.1, 0.15) is 42.3 Å². The molecule has 1 unspecified atom stereocenters. The van der Waals surface area contributed by atoms with E-state index in [1.165, 1.54) is 0 Å². The molecular weight excluding hydrogens is 316 g/mol. The van der Waals surface area contributed by atoms with Crippen LogP contribution in [0.15, 0.2) is 54.6 Å². The fourth-order valence-corrected chi connectivity index (χ4v) is 2.60. The van der Waals surface area contributed by atoms with Crippen LogP contribution < -0.4 is 5.32 Å². The number of carbonyl (C=O) groups excluding carboxylic acids is 2. The molecule has 1 atom stereocenters. The van der Waals surface area contributed by atoms with Crippen LogP contribution in [0.25, 0.3) is 0 Å². The third-order valence-corrected chi connectivity index (χ3v) is 4.01. The average Bonchev–Trinajstić information content (AvgIpc) is 2.63. The normalized spacial score (nSPS) is 11.6. The Hall–Kier alpha value is -2.66. The highest BCUT2D eigenvalue weighted by molar-refractivity contribution is 5.97. The fourth-order valence-electron chi connectivity index (χ4n) is 2.60. The van der Waals surface area contributed by atoms with Crippen molar-refractivity contribution >= 4 is 17.5 Å². The molecule has 0 fully saturated rings. The Morgan fingerprint density at radius 3 is 2.36 bits per heavy atom. The molecule has 2 aromatic rings. The molecule has 5 nitrogen and oxygen atoms in total. The van der Waals surface area contributed by atoms with E-state index in [4.69, 9.17) is 0 Å². The van der Waals surface area contributed by atoms with E-state index in [-0.39, 0.29) is 18.2 Å². The average molecular weight is 340 g/mol. The molecule has 0 saturated heterocycles. The van der Waals surface area contributed by atoms with E-state index in [2.05, 4.69) is 5.32 Å². The molecule has 25 heavy (non-hydrogen) atoms. The van der Waals surface area contributed by atoms with Gasteiger partial charge in [0.2, 0.25) is 5.91 Å². The minimum atomic E-state index is -0.860. The monoisotopic (exact) mass is 340 g/mol. The Kier molecular flexibility index (Phi) is 6.71. The molecule has 0 aliphatic carbocycles. The predicted octanol–water partition coefficient (Wildman–Crippen LogP) is 3.23. The van der Waals surface area contributed by atoms with Crippen LogP contribution in [-0.2, 0) is 4.79 Å². The van der Waals surface area contributed by atoms with Gasteiger partial charge in [0.25, 0.3) is 5.91 Å². The zero-order chi connectivity index (χ0) is 18.2. The van der Waals surface area contributed by atoms with Gasteiger partial charge in [-0.2, -0.15) is 0 Å². The molecule has 2 amide bonds. The molecule has 0 heterocycles. The van der Waals surface area contributed by atoms with E-state index in [0.717, 1.165) is 0 Å². The summed E-state index contributed by atoms with van der Waals surface area (Å²) in [5.74, 6) is -0.366. The van der Waals surface area contributed by atoms with Gasteiger partial charge < -0.3 is 15.3 Å². The lowest BCUT2D eigenvalue weighted by Gasteiger charge is -2.19. The number of aliphatic hydroxyl groups is 1. The van der Waals surface area contributed by atoms with Gasteiger partial charge in [-0.15, -0.1) is 0 Å². The Morgan fingerprint density at radius 2 is 1.72 bits per heavy atom. The zero-order valence-electron chi connectivity index (χ0n) is 14.6. The minimum Gasteiger partial charge on any atom is -0.388 e. The Labute approximate surface area is 148 Å². The molecule has 0 spiro atoms. The van der Waals surface area contributed by atoms with Crippen molar-refractivity contribution in [2.45, 2.75) is 26.4 Å². The molecule has 0 aromatic heterocycles. The smallest absolute Gasteiger partial charge is 0.253 e. The van der Waals surface area contributed by atoms with Gasteiger partial charge in [-0.1, -0.05) is 36.4 Å². The number of amides is 2. The second kappa shape index (κ2) is 8.99. The van der Waals surface area contributed by atoms with Gasteiger partial charge in [0.05, 0.1) is 12.5 Å². The van der Waals surface area contributed by atoms with Crippen molar-refractivity contribution in [2.24, 2.45) is 0 Å². The summed E-state index contributed by atoms with van der Waals surface area (Å²) >= 11 is 0. The van der Waals surface area contributed by atoms with E-state index in [1.54, 1.807) is 41.3 Å². The number of hydrogen-bond donors (Lipinski definition) is 2. The molecule has 0 radical (unpaired) electrons. The second-order valence-electron chi connectivity index (χ2n) is 5.74. The molecule has 2 N–H and O–H groups in total. The number of nitrogens with one attached hydrogen (secondary N) is 1. The lowest BCUT2D eigenvalue weighted by atomic mass is 10.1. The predicted molar refractivity (Wildman–Crippen MR) is 98.3 cm³/mol. The first-order valence-corrected chi connectivity index (χ1v) is 8.47. The molecule has 2 rings (SSSR count). The van der Waals surface area contributed by atoms with E-state index < -0.39 is 6.10 Å². The summed E-state index contributed by atoms with van der Waals surface area (Å²) in [6, 6.07) is 15.9. The highest BCUT2D eigenvalue weighted by atomic mass is 16.3. The zero-order valence-corrected chi connectivity index (χ0v) is 14.6. The standard InChI is InChI=1S/C20H24N2O3/c1-3-22(4-2)20(25)16-11-8-12-17(13-16)21-19(24)14-18(23)15-9-6-5-7-10-15/h5-13,18,23H,3-4,14H2,1-2H3,(H,21,24). The quantitative estimate of drug-likeness (QED) is 0.813. The first kappa shape index (κ1) is 18.7. The number of nitrogens with zero attached hydrogens (tertiary/aromatic N) is 1. The van der Waals surface area contributed by atoms with Crippen molar-refractivity contribution in [3.05, 3.63) is 65.7 Å². The molecule has 0 bridgehead atoms. The summed E-state index contributed by atoms with van der Waals surface area (Å²) in [7, 11) is 0. The van der Waals surface area contributed by atoms with Crippen molar-refractivity contribution in [2.75, 3.05) is 18.4 Å². The van der Waals surface area contributed by atoms with Gasteiger partial charge in [-0.05, 0) is 37.6 Å². The molecular formula is C20H24N2O3. The van der Waals surface area contributed by atoms with Crippen molar-refractivity contribution < 1.29 is 14.7 Å². The molecule has 0 aliphatic rings. The number of rotatable bonds is 7. The van der Waals surface area contributed by atoms with Crippen LogP contribution in [0, 0.1) is 0 Å². The van der Waals surface area contributed by atoms with Crippen LogP contribution in [0.2, 0.25) is 0 Å². The van der Waals surface area contributed by atoms with E-state index >= 15 is 0 Å². The van der Waals surface area contributed by atoms with Gasteiger partial charge >= 0.3 is 0 Å². The Balaban J connectivity index is 2.01. The van der Waals surface area contributed by atoms with Crippen LogP contribution in [0.5, 0.6) is 0 Å². The molecule has 0 aliphatic heterocycles. The molecule has 5 heteroatoms. The van der Waals surface area contributed by atoms with E-state index in [0.29, 0.717) is 29.9 Å². The Bertz CT molecular complexity index is 712. The summed E-state index contributed by atoms with van der Waals surface area (Å²) in [5.41, 5.74) is 1.77. The van der Waals surface area contributed by atoms with Gasteiger partial charge in [-0.3, -0.25) is 9.59 Å². The molecule has 0 saturated carbocycles. The second-order valence-corrected chi connectivity index (χ2v) is 5.74. The SMILES string of the molecule is CCN(CC)C(=O)c1cccc(NC(=O)CC(O)c2ccccc2)c1. The number of aliphatic hydroxyl groups excluding tert-OH is 1. The Morgan fingerprint density at radius 1 is 1.04 bits per heavy atom. The maximum Gasteiger partial charge on any atom is 0.253 e. The topological polar surface area (TPSA) is 69.6 Å². The summed E-state index contributed by atoms with van der Waals surface area (Å²) in [6.07, 6.45) is -0.903. The number of hydrogen-bond acceptors (Lipinski definition) is 3. The van der Waals surface area contributed by atoms with Gasteiger partial charge in [0.1, 0.15) is 0 Å². The largest absolute Gasteiger partial charge is 0.388 e. The summed E-state index contributed by atoms with van der Waals surface area (Å²) < 4.78 is 0. The van der Waals surface area contributed by atoms with Crippen LogP contribution >= 0.6 is 0 Å².